The van der Waals surface area contributed by atoms with Crippen LogP contribution < -0.4 is 10.6 Å². The van der Waals surface area contributed by atoms with Gasteiger partial charge in [0.1, 0.15) is 5.92 Å². The smallest absolute Gasteiger partial charge is 0.319 e. The maximum absolute atomic E-state index is 13.5. The first-order valence-electron chi connectivity index (χ1n) is 11.4. The van der Waals surface area contributed by atoms with Crippen LogP contribution in [-0.2, 0) is 19.1 Å². The number of rotatable bonds is 10. The Labute approximate surface area is 200 Å². The zero-order chi connectivity index (χ0) is 24.3. The Hall–Kier alpha value is -3.93. The van der Waals surface area contributed by atoms with E-state index in [0.29, 0.717) is 11.3 Å². The van der Waals surface area contributed by atoms with Gasteiger partial charge in [0.15, 0.2) is 0 Å². The van der Waals surface area contributed by atoms with Crippen LogP contribution in [0.5, 0.6) is 0 Å². The number of carbonyl (C=O) groups is 3. The van der Waals surface area contributed by atoms with Gasteiger partial charge in [0.2, 0.25) is 11.8 Å². The molecule has 6 heteroatoms. The second kappa shape index (κ2) is 12.3. The predicted molar refractivity (Wildman–Crippen MR) is 132 cm³/mol. The lowest BCUT2D eigenvalue weighted by molar-refractivity contribution is -0.153. The van der Waals surface area contributed by atoms with Gasteiger partial charge in [0.05, 0.1) is 12.6 Å². The van der Waals surface area contributed by atoms with E-state index < -0.39 is 23.7 Å². The molecule has 0 fully saturated rings. The van der Waals surface area contributed by atoms with E-state index in [1.807, 2.05) is 85.8 Å². The fourth-order valence-corrected chi connectivity index (χ4v) is 3.88. The summed E-state index contributed by atoms with van der Waals surface area (Å²) in [5, 5.41) is 5.79. The minimum Gasteiger partial charge on any atom is -0.465 e. The second-order valence-corrected chi connectivity index (χ2v) is 8.01. The number of esters is 1. The largest absolute Gasteiger partial charge is 0.465 e. The molecule has 0 radical (unpaired) electrons. The maximum atomic E-state index is 13.5. The molecule has 0 saturated heterocycles. The van der Waals surface area contributed by atoms with Crippen molar-refractivity contribution in [2.75, 3.05) is 11.9 Å². The van der Waals surface area contributed by atoms with Crippen molar-refractivity contribution in [2.45, 2.75) is 32.2 Å². The average Bonchev–Trinajstić information content (AvgIpc) is 2.85. The van der Waals surface area contributed by atoms with Gasteiger partial charge >= 0.3 is 5.97 Å². The van der Waals surface area contributed by atoms with E-state index in [0.717, 1.165) is 5.56 Å². The number of para-hydroxylation sites is 1. The van der Waals surface area contributed by atoms with Gasteiger partial charge < -0.3 is 15.4 Å². The van der Waals surface area contributed by atoms with Crippen molar-refractivity contribution in [3.63, 3.8) is 0 Å². The van der Waals surface area contributed by atoms with E-state index in [1.54, 1.807) is 19.1 Å². The predicted octanol–water partition coefficient (Wildman–Crippen LogP) is 4.86. The second-order valence-electron chi connectivity index (χ2n) is 8.01. The molecule has 0 bridgehead atoms. The summed E-state index contributed by atoms with van der Waals surface area (Å²) in [6, 6.07) is 27.4. The Balaban J connectivity index is 1.89. The fourth-order valence-electron chi connectivity index (χ4n) is 3.88. The van der Waals surface area contributed by atoms with Gasteiger partial charge in [0.25, 0.3) is 0 Å². The first-order valence-corrected chi connectivity index (χ1v) is 11.4. The number of hydrogen-bond donors (Lipinski definition) is 2. The highest BCUT2D eigenvalue weighted by molar-refractivity contribution is 6.00. The number of amides is 2. The Morgan fingerprint density at radius 3 is 1.88 bits per heavy atom. The third kappa shape index (κ3) is 6.78. The van der Waals surface area contributed by atoms with Crippen LogP contribution in [0.4, 0.5) is 5.69 Å². The van der Waals surface area contributed by atoms with Crippen molar-refractivity contribution >= 4 is 23.5 Å². The third-order valence-electron chi connectivity index (χ3n) is 5.57. The standard InChI is InChI=1S/C28H30N2O4/c1-3-34-28(33)26(27(32)29-20(2)21-13-7-4-8-14-21)24(22-15-9-5-10-16-22)19-25(31)30-23-17-11-6-12-18-23/h4-18,20,24,26H,3,19H2,1-2H3,(H,29,32)(H,30,31). The average molecular weight is 459 g/mol. The Morgan fingerprint density at radius 2 is 1.32 bits per heavy atom. The zero-order valence-corrected chi connectivity index (χ0v) is 19.4. The number of nitrogens with one attached hydrogen (secondary N) is 2. The van der Waals surface area contributed by atoms with E-state index in [-0.39, 0.29) is 25.0 Å². The molecular formula is C28H30N2O4. The normalized spacial score (nSPS) is 13.2. The third-order valence-corrected chi connectivity index (χ3v) is 5.57. The summed E-state index contributed by atoms with van der Waals surface area (Å²) < 4.78 is 5.28. The van der Waals surface area contributed by atoms with Crippen LogP contribution >= 0.6 is 0 Å². The van der Waals surface area contributed by atoms with Crippen molar-refractivity contribution in [3.8, 4) is 0 Å². The van der Waals surface area contributed by atoms with Crippen LogP contribution in [0.15, 0.2) is 91.0 Å². The minimum absolute atomic E-state index is 0.0600. The van der Waals surface area contributed by atoms with Crippen molar-refractivity contribution in [1.29, 1.82) is 0 Å². The van der Waals surface area contributed by atoms with E-state index in [9.17, 15) is 14.4 Å². The summed E-state index contributed by atoms with van der Waals surface area (Å²) in [6.07, 6.45) is -0.0600. The quantitative estimate of drug-likeness (QED) is 0.336. The van der Waals surface area contributed by atoms with Gasteiger partial charge in [-0.3, -0.25) is 14.4 Å². The molecule has 0 saturated carbocycles. The highest BCUT2D eigenvalue weighted by atomic mass is 16.5. The van der Waals surface area contributed by atoms with E-state index in [4.69, 9.17) is 4.74 Å². The molecule has 6 nitrogen and oxygen atoms in total. The van der Waals surface area contributed by atoms with Gasteiger partial charge in [-0.05, 0) is 37.1 Å². The Bertz CT molecular complexity index is 1070. The fraction of sp³-hybridized carbons (Fsp3) is 0.250. The zero-order valence-electron chi connectivity index (χ0n) is 19.4. The topological polar surface area (TPSA) is 84.5 Å². The highest BCUT2D eigenvalue weighted by Gasteiger charge is 2.38. The van der Waals surface area contributed by atoms with Crippen LogP contribution in [0, 0.1) is 5.92 Å². The Morgan fingerprint density at radius 1 is 0.794 bits per heavy atom. The first kappa shape index (κ1) is 24.7. The van der Waals surface area contributed by atoms with Crippen LogP contribution in [0.2, 0.25) is 0 Å². The van der Waals surface area contributed by atoms with Crippen LogP contribution in [0.3, 0.4) is 0 Å². The van der Waals surface area contributed by atoms with Crippen molar-refractivity contribution < 1.29 is 19.1 Å². The summed E-state index contributed by atoms with van der Waals surface area (Å²) in [7, 11) is 0. The van der Waals surface area contributed by atoms with Gasteiger partial charge in [-0.15, -0.1) is 0 Å². The monoisotopic (exact) mass is 458 g/mol. The molecule has 176 valence electrons. The molecule has 3 atom stereocenters. The lowest BCUT2D eigenvalue weighted by atomic mass is 9.82. The summed E-state index contributed by atoms with van der Waals surface area (Å²) in [4.78, 5) is 39.4. The molecule has 3 aromatic carbocycles. The minimum atomic E-state index is -1.19. The van der Waals surface area contributed by atoms with Gasteiger partial charge in [-0.2, -0.15) is 0 Å². The maximum Gasteiger partial charge on any atom is 0.319 e. The van der Waals surface area contributed by atoms with E-state index >= 15 is 0 Å². The Kier molecular flexibility index (Phi) is 8.97. The summed E-state index contributed by atoms with van der Waals surface area (Å²) in [5.74, 6) is -3.31. The molecule has 3 aromatic rings. The summed E-state index contributed by atoms with van der Waals surface area (Å²) in [5.41, 5.74) is 2.27. The number of hydrogen-bond acceptors (Lipinski definition) is 4. The van der Waals surface area contributed by atoms with Crippen LogP contribution in [0.1, 0.15) is 43.4 Å². The number of carbonyl (C=O) groups excluding carboxylic acids is 3. The first-order chi connectivity index (χ1) is 16.5. The SMILES string of the molecule is CCOC(=O)C(C(=O)NC(C)c1ccccc1)C(CC(=O)Nc1ccccc1)c1ccccc1. The molecule has 2 amide bonds. The van der Waals surface area contributed by atoms with Crippen molar-refractivity contribution in [1.82, 2.24) is 5.32 Å². The van der Waals surface area contributed by atoms with Crippen LogP contribution in [-0.4, -0.2) is 24.4 Å². The molecule has 3 unspecified atom stereocenters. The number of benzene rings is 3. The number of anilines is 1. The summed E-state index contributed by atoms with van der Waals surface area (Å²) in [6.45, 7) is 3.68. The molecule has 0 aliphatic heterocycles. The highest BCUT2D eigenvalue weighted by Crippen LogP contribution is 2.31. The van der Waals surface area contributed by atoms with Gasteiger partial charge in [-0.1, -0.05) is 78.9 Å². The molecule has 0 spiro atoms. The molecular weight excluding hydrogens is 428 g/mol. The van der Waals surface area contributed by atoms with Crippen molar-refractivity contribution in [3.05, 3.63) is 102 Å². The van der Waals surface area contributed by atoms with E-state index in [1.165, 1.54) is 0 Å². The molecule has 0 aliphatic carbocycles. The van der Waals surface area contributed by atoms with Gasteiger partial charge in [-0.25, -0.2) is 0 Å². The molecule has 34 heavy (non-hydrogen) atoms. The van der Waals surface area contributed by atoms with Crippen molar-refractivity contribution in [2.24, 2.45) is 5.92 Å². The lowest BCUT2D eigenvalue weighted by Gasteiger charge is -2.26. The van der Waals surface area contributed by atoms with Gasteiger partial charge in [0, 0.05) is 18.0 Å². The van der Waals surface area contributed by atoms with Crippen LogP contribution in [0.25, 0.3) is 0 Å². The molecule has 3 rings (SSSR count). The molecule has 2 N–H and O–H groups in total. The molecule has 0 aliphatic rings. The number of ether oxygens (including phenoxy) is 1. The molecule has 0 heterocycles. The lowest BCUT2D eigenvalue weighted by Crippen LogP contribution is -2.42. The molecule has 0 aromatic heterocycles. The summed E-state index contributed by atoms with van der Waals surface area (Å²) >= 11 is 0. The van der Waals surface area contributed by atoms with E-state index in [2.05, 4.69) is 10.6 Å².